The maximum atomic E-state index is 12.5. The maximum absolute atomic E-state index is 12.5. The van der Waals surface area contributed by atoms with Crippen molar-refractivity contribution in [2.45, 2.75) is 65.1 Å². The fourth-order valence-corrected chi connectivity index (χ4v) is 2.67. The summed E-state index contributed by atoms with van der Waals surface area (Å²) < 4.78 is 2.02. The molecule has 1 aliphatic heterocycles. The van der Waals surface area contributed by atoms with Crippen LogP contribution in [0.5, 0.6) is 0 Å². The predicted octanol–water partition coefficient (Wildman–Crippen LogP) is 1.95. The highest BCUT2D eigenvalue weighted by Crippen LogP contribution is 2.21. The molecule has 0 aromatic carbocycles. The summed E-state index contributed by atoms with van der Waals surface area (Å²) in [6.45, 7) is 8.18. The van der Waals surface area contributed by atoms with Gasteiger partial charge in [-0.15, -0.1) is 0 Å². The predicted molar refractivity (Wildman–Crippen MR) is 83.9 cm³/mol. The van der Waals surface area contributed by atoms with Crippen molar-refractivity contribution in [1.82, 2.24) is 20.2 Å². The first-order valence-electron chi connectivity index (χ1n) is 7.96. The molecule has 2 heterocycles. The number of amides is 1. The van der Waals surface area contributed by atoms with Crippen LogP contribution in [0.3, 0.4) is 0 Å². The summed E-state index contributed by atoms with van der Waals surface area (Å²) in [5.74, 6) is 0.136. The van der Waals surface area contributed by atoms with Gasteiger partial charge in [-0.25, -0.2) is 4.98 Å². The van der Waals surface area contributed by atoms with Crippen molar-refractivity contribution in [1.29, 1.82) is 0 Å². The van der Waals surface area contributed by atoms with E-state index >= 15 is 0 Å². The Morgan fingerprint density at radius 2 is 2.24 bits per heavy atom. The van der Waals surface area contributed by atoms with E-state index in [2.05, 4.69) is 36.4 Å². The van der Waals surface area contributed by atoms with Crippen LogP contribution >= 0.6 is 0 Å². The molecule has 0 saturated carbocycles. The van der Waals surface area contributed by atoms with Crippen LogP contribution in [-0.2, 0) is 11.3 Å². The van der Waals surface area contributed by atoms with Crippen LogP contribution in [0.4, 0.5) is 0 Å². The number of nitrogens with zero attached hydrogens (tertiary/aromatic N) is 2. The first kappa shape index (κ1) is 16.0. The minimum absolute atomic E-state index is 0.00462. The molecule has 1 aromatic rings. The number of rotatable bonds is 4. The summed E-state index contributed by atoms with van der Waals surface area (Å²) in [7, 11) is 0. The van der Waals surface area contributed by atoms with Crippen LogP contribution in [0, 0.1) is 5.41 Å². The van der Waals surface area contributed by atoms with Gasteiger partial charge in [0.1, 0.15) is 0 Å². The molecule has 2 unspecified atom stereocenters. The molecule has 1 aliphatic rings. The molecule has 0 bridgehead atoms. The minimum atomic E-state index is -0.0415. The van der Waals surface area contributed by atoms with E-state index in [1.54, 1.807) is 12.5 Å². The summed E-state index contributed by atoms with van der Waals surface area (Å²) in [4.78, 5) is 16.6. The molecular formula is C16H28N4O. The van der Waals surface area contributed by atoms with E-state index in [1.807, 2.05) is 10.8 Å². The Hall–Kier alpha value is -1.36. The van der Waals surface area contributed by atoms with Crippen molar-refractivity contribution in [3.05, 3.63) is 18.7 Å². The van der Waals surface area contributed by atoms with Gasteiger partial charge in [0.2, 0.25) is 5.91 Å². The van der Waals surface area contributed by atoms with Gasteiger partial charge in [-0.2, -0.15) is 0 Å². The van der Waals surface area contributed by atoms with E-state index in [-0.39, 0.29) is 23.4 Å². The Morgan fingerprint density at radius 3 is 2.90 bits per heavy atom. The summed E-state index contributed by atoms with van der Waals surface area (Å²) in [6, 6.07) is 0.0457. The number of carbonyl (C=O) groups is 1. The molecule has 21 heavy (non-hydrogen) atoms. The van der Waals surface area contributed by atoms with E-state index in [9.17, 15) is 4.79 Å². The summed E-state index contributed by atoms with van der Waals surface area (Å²) >= 11 is 0. The molecule has 2 atom stereocenters. The van der Waals surface area contributed by atoms with Crippen molar-refractivity contribution >= 4 is 5.91 Å². The number of carbonyl (C=O) groups excluding carboxylic acids is 1. The van der Waals surface area contributed by atoms with Crippen LogP contribution in [0.25, 0.3) is 0 Å². The van der Waals surface area contributed by atoms with Crippen LogP contribution in [0.1, 0.15) is 46.5 Å². The smallest absolute Gasteiger partial charge is 0.237 e. The zero-order chi connectivity index (χ0) is 15.3. The Morgan fingerprint density at radius 1 is 1.43 bits per heavy atom. The zero-order valence-electron chi connectivity index (χ0n) is 13.4. The van der Waals surface area contributed by atoms with Crippen LogP contribution in [-0.4, -0.2) is 34.1 Å². The number of aromatic nitrogens is 2. The van der Waals surface area contributed by atoms with Crippen molar-refractivity contribution < 1.29 is 4.79 Å². The molecule has 2 rings (SSSR count). The Balaban J connectivity index is 1.98. The van der Waals surface area contributed by atoms with E-state index in [0.29, 0.717) is 0 Å². The van der Waals surface area contributed by atoms with Crippen LogP contribution in [0.15, 0.2) is 18.7 Å². The summed E-state index contributed by atoms with van der Waals surface area (Å²) in [5.41, 5.74) is 0.00462. The molecule has 1 saturated heterocycles. The Bertz CT molecular complexity index is 428. The second kappa shape index (κ2) is 7.07. The number of hydrogen-bond donors (Lipinski definition) is 2. The molecule has 5 heteroatoms. The van der Waals surface area contributed by atoms with Crippen LogP contribution in [0.2, 0.25) is 0 Å². The van der Waals surface area contributed by atoms with Crippen molar-refractivity contribution in [3.8, 4) is 0 Å². The molecule has 5 nitrogen and oxygen atoms in total. The van der Waals surface area contributed by atoms with Crippen molar-refractivity contribution in [2.75, 3.05) is 6.54 Å². The number of hydrogen-bond acceptors (Lipinski definition) is 3. The lowest BCUT2D eigenvalue weighted by Crippen LogP contribution is -2.52. The molecule has 1 aromatic heterocycles. The van der Waals surface area contributed by atoms with Gasteiger partial charge >= 0.3 is 0 Å². The van der Waals surface area contributed by atoms with Gasteiger partial charge in [-0.1, -0.05) is 33.6 Å². The van der Waals surface area contributed by atoms with Crippen molar-refractivity contribution in [2.24, 2.45) is 5.41 Å². The van der Waals surface area contributed by atoms with E-state index in [0.717, 1.165) is 25.9 Å². The lowest BCUT2D eigenvalue weighted by Gasteiger charge is -2.33. The molecule has 0 aliphatic carbocycles. The molecule has 0 radical (unpaired) electrons. The Kier molecular flexibility index (Phi) is 5.39. The van der Waals surface area contributed by atoms with Gasteiger partial charge in [0.05, 0.1) is 18.4 Å². The third-order valence-corrected chi connectivity index (χ3v) is 4.19. The van der Waals surface area contributed by atoms with Gasteiger partial charge in [0.25, 0.3) is 0 Å². The third kappa shape index (κ3) is 4.84. The van der Waals surface area contributed by atoms with E-state index in [1.165, 1.54) is 12.8 Å². The largest absolute Gasteiger partial charge is 0.350 e. The maximum Gasteiger partial charge on any atom is 0.237 e. The molecule has 118 valence electrons. The minimum Gasteiger partial charge on any atom is -0.350 e. The second-order valence-electron chi connectivity index (χ2n) is 7.04. The number of imidazole rings is 1. The first-order chi connectivity index (χ1) is 9.97. The third-order valence-electron chi connectivity index (χ3n) is 4.19. The molecule has 2 N–H and O–H groups in total. The molecule has 1 fully saturated rings. The Labute approximate surface area is 127 Å². The highest BCUT2D eigenvalue weighted by atomic mass is 16.2. The van der Waals surface area contributed by atoms with Gasteiger partial charge in [0, 0.05) is 18.9 Å². The lowest BCUT2D eigenvalue weighted by atomic mass is 9.86. The summed E-state index contributed by atoms with van der Waals surface area (Å²) in [6.07, 6.45) is 9.97. The number of nitrogens with one attached hydrogen (secondary N) is 2. The first-order valence-corrected chi connectivity index (χ1v) is 7.96. The lowest BCUT2D eigenvalue weighted by molar-refractivity contribution is -0.124. The quantitative estimate of drug-likeness (QED) is 0.891. The standard InChI is InChI=1S/C16H28N4O/c1-16(2,3)14(11-20-10-9-17-12-20)19-15(21)13-7-5-4-6-8-18-13/h9-10,12-14,18H,4-8,11H2,1-3H3,(H,19,21). The summed E-state index contributed by atoms with van der Waals surface area (Å²) in [5, 5.41) is 6.61. The van der Waals surface area contributed by atoms with E-state index < -0.39 is 0 Å². The van der Waals surface area contributed by atoms with Crippen LogP contribution < -0.4 is 10.6 Å². The monoisotopic (exact) mass is 292 g/mol. The average Bonchev–Trinajstić information content (AvgIpc) is 2.76. The highest BCUT2D eigenvalue weighted by molar-refractivity contribution is 5.82. The topological polar surface area (TPSA) is 59.0 Å². The second-order valence-corrected chi connectivity index (χ2v) is 7.04. The molecule has 0 spiro atoms. The molecular weight excluding hydrogens is 264 g/mol. The van der Waals surface area contributed by atoms with Gasteiger partial charge in [0.15, 0.2) is 0 Å². The average molecular weight is 292 g/mol. The highest BCUT2D eigenvalue weighted by Gasteiger charge is 2.29. The van der Waals surface area contributed by atoms with Gasteiger partial charge in [-0.05, 0) is 24.8 Å². The van der Waals surface area contributed by atoms with Gasteiger partial charge < -0.3 is 15.2 Å². The van der Waals surface area contributed by atoms with Gasteiger partial charge in [-0.3, -0.25) is 4.79 Å². The SMILES string of the molecule is CC(C)(C)C(Cn1ccnc1)NC(=O)C1CCCCCN1. The van der Waals surface area contributed by atoms with Crippen molar-refractivity contribution in [3.63, 3.8) is 0 Å². The zero-order valence-corrected chi connectivity index (χ0v) is 13.4. The fourth-order valence-electron chi connectivity index (χ4n) is 2.67. The molecule has 1 amide bonds. The fraction of sp³-hybridized carbons (Fsp3) is 0.750. The normalized spacial score (nSPS) is 21.6. The van der Waals surface area contributed by atoms with E-state index in [4.69, 9.17) is 0 Å².